The van der Waals surface area contributed by atoms with Gasteiger partial charge in [-0.25, -0.2) is 4.39 Å². The number of aryl methyl sites for hydroxylation is 2. The molecule has 21 heavy (non-hydrogen) atoms. The Hall–Kier alpha value is -1.55. The molecule has 1 aliphatic heterocycles. The number of fused-ring (bicyclic) bond motifs is 1. The zero-order valence-corrected chi connectivity index (χ0v) is 13.6. The normalized spacial score (nSPS) is 16.5. The Morgan fingerprint density at radius 3 is 2.86 bits per heavy atom. The first-order valence-electron chi connectivity index (χ1n) is 6.98. The van der Waals surface area contributed by atoms with Gasteiger partial charge in [0.1, 0.15) is 17.7 Å². The van der Waals surface area contributed by atoms with Crippen molar-refractivity contribution in [1.82, 2.24) is 0 Å². The molecule has 110 valence electrons. The van der Waals surface area contributed by atoms with Crippen molar-refractivity contribution in [2.75, 3.05) is 11.9 Å². The number of hydrogen-bond donors (Lipinski definition) is 1. The highest BCUT2D eigenvalue weighted by atomic mass is 79.9. The first-order chi connectivity index (χ1) is 10.0. The second kappa shape index (κ2) is 5.68. The second-order valence-electron chi connectivity index (χ2n) is 5.52. The lowest BCUT2D eigenvalue weighted by Crippen LogP contribution is -2.24. The van der Waals surface area contributed by atoms with Crippen molar-refractivity contribution >= 4 is 21.6 Å². The van der Waals surface area contributed by atoms with Gasteiger partial charge in [-0.3, -0.25) is 0 Å². The lowest BCUT2D eigenvalue weighted by molar-refractivity contribution is 0.246. The molecule has 2 nitrogen and oxygen atoms in total. The number of ether oxygens (including phenoxy) is 1. The minimum atomic E-state index is -0.205. The van der Waals surface area contributed by atoms with Crippen LogP contribution in [0, 0.1) is 19.7 Å². The SMILES string of the molecule is Cc1cc(C)c(NCC2Cc3cc(F)ccc3O2)c(Br)c1. The third-order valence-corrected chi connectivity index (χ3v) is 4.33. The molecule has 0 radical (unpaired) electrons. The highest BCUT2D eigenvalue weighted by molar-refractivity contribution is 9.10. The molecule has 0 aliphatic carbocycles. The van der Waals surface area contributed by atoms with Crippen molar-refractivity contribution < 1.29 is 9.13 Å². The van der Waals surface area contributed by atoms with Gasteiger partial charge in [-0.1, -0.05) is 6.07 Å². The summed E-state index contributed by atoms with van der Waals surface area (Å²) in [6, 6.07) is 8.94. The molecular formula is C17H17BrFNO. The molecule has 0 saturated heterocycles. The molecule has 1 atom stereocenters. The number of nitrogens with one attached hydrogen (secondary N) is 1. The van der Waals surface area contributed by atoms with Gasteiger partial charge >= 0.3 is 0 Å². The van der Waals surface area contributed by atoms with E-state index in [1.54, 1.807) is 12.1 Å². The summed E-state index contributed by atoms with van der Waals surface area (Å²) in [7, 11) is 0. The molecule has 0 bridgehead atoms. The summed E-state index contributed by atoms with van der Waals surface area (Å²) in [6.45, 7) is 4.85. The average Bonchev–Trinajstić information content (AvgIpc) is 2.79. The van der Waals surface area contributed by atoms with E-state index in [1.165, 1.54) is 17.2 Å². The molecule has 3 rings (SSSR count). The van der Waals surface area contributed by atoms with Crippen molar-refractivity contribution in [2.24, 2.45) is 0 Å². The minimum Gasteiger partial charge on any atom is -0.488 e. The average molecular weight is 350 g/mol. The first-order valence-corrected chi connectivity index (χ1v) is 7.78. The zero-order valence-electron chi connectivity index (χ0n) is 12.0. The van der Waals surface area contributed by atoms with Gasteiger partial charge in [0.2, 0.25) is 0 Å². The van der Waals surface area contributed by atoms with Crippen molar-refractivity contribution in [3.8, 4) is 5.75 Å². The molecule has 0 amide bonds. The molecule has 0 saturated carbocycles. The Balaban J connectivity index is 1.68. The van der Waals surface area contributed by atoms with E-state index in [1.807, 2.05) is 0 Å². The van der Waals surface area contributed by atoms with Crippen LogP contribution in [0.15, 0.2) is 34.8 Å². The minimum absolute atomic E-state index is 0.0365. The van der Waals surface area contributed by atoms with E-state index in [2.05, 4.69) is 47.2 Å². The summed E-state index contributed by atoms with van der Waals surface area (Å²) in [4.78, 5) is 0. The van der Waals surface area contributed by atoms with Crippen LogP contribution in [0.2, 0.25) is 0 Å². The van der Waals surface area contributed by atoms with Crippen LogP contribution >= 0.6 is 15.9 Å². The van der Waals surface area contributed by atoms with E-state index in [0.29, 0.717) is 6.54 Å². The smallest absolute Gasteiger partial charge is 0.123 e. The van der Waals surface area contributed by atoms with Crippen LogP contribution < -0.4 is 10.1 Å². The quantitative estimate of drug-likeness (QED) is 0.872. The van der Waals surface area contributed by atoms with Crippen molar-refractivity contribution in [3.63, 3.8) is 0 Å². The standard InChI is InChI=1S/C17H17BrFNO/c1-10-5-11(2)17(15(18)6-10)20-9-14-8-12-7-13(19)3-4-16(12)21-14/h3-7,14,20H,8-9H2,1-2H3. The fraction of sp³-hybridized carbons (Fsp3) is 0.294. The number of anilines is 1. The molecule has 2 aromatic rings. The molecular weight excluding hydrogens is 333 g/mol. The molecule has 1 N–H and O–H groups in total. The number of rotatable bonds is 3. The topological polar surface area (TPSA) is 21.3 Å². The predicted octanol–water partition coefficient (Wildman–Crippen LogP) is 4.62. The van der Waals surface area contributed by atoms with Crippen LogP contribution in [0.1, 0.15) is 16.7 Å². The van der Waals surface area contributed by atoms with Crippen molar-refractivity contribution in [3.05, 3.63) is 57.3 Å². The first kappa shape index (κ1) is 14.4. The molecule has 0 aromatic heterocycles. The van der Waals surface area contributed by atoms with Gasteiger partial charge in [-0.05, 0) is 65.2 Å². The molecule has 0 fully saturated rings. The Labute approximate surface area is 132 Å². The Morgan fingerprint density at radius 1 is 1.29 bits per heavy atom. The summed E-state index contributed by atoms with van der Waals surface area (Å²) in [5.74, 6) is 0.589. The van der Waals surface area contributed by atoms with E-state index < -0.39 is 0 Å². The zero-order chi connectivity index (χ0) is 15.0. The van der Waals surface area contributed by atoms with Gasteiger partial charge in [0, 0.05) is 16.5 Å². The van der Waals surface area contributed by atoms with Gasteiger partial charge in [-0.15, -0.1) is 0 Å². The molecule has 4 heteroatoms. The highest BCUT2D eigenvalue weighted by Crippen LogP contribution is 2.31. The van der Waals surface area contributed by atoms with Gasteiger partial charge < -0.3 is 10.1 Å². The summed E-state index contributed by atoms with van der Waals surface area (Å²) >= 11 is 3.59. The van der Waals surface area contributed by atoms with E-state index >= 15 is 0 Å². The fourth-order valence-corrected chi connectivity index (χ4v) is 3.57. The molecule has 1 unspecified atom stereocenters. The summed E-state index contributed by atoms with van der Waals surface area (Å²) in [5, 5.41) is 3.43. The van der Waals surface area contributed by atoms with Crippen LogP contribution in [-0.4, -0.2) is 12.6 Å². The largest absolute Gasteiger partial charge is 0.488 e. The van der Waals surface area contributed by atoms with E-state index in [9.17, 15) is 4.39 Å². The maximum absolute atomic E-state index is 13.2. The predicted molar refractivity (Wildman–Crippen MR) is 86.6 cm³/mol. The van der Waals surface area contributed by atoms with Gasteiger partial charge in [0.15, 0.2) is 0 Å². The molecule has 1 heterocycles. The van der Waals surface area contributed by atoms with E-state index in [4.69, 9.17) is 4.74 Å². The fourth-order valence-electron chi connectivity index (χ4n) is 2.76. The number of benzene rings is 2. The molecule has 1 aliphatic rings. The second-order valence-corrected chi connectivity index (χ2v) is 6.37. The summed E-state index contributed by atoms with van der Waals surface area (Å²) in [5.41, 5.74) is 4.46. The lowest BCUT2D eigenvalue weighted by atomic mass is 10.1. The number of hydrogen-bond acceptors (Lipinski definition) is 2. The number of halogens is 2. The molecule has 0 spiro atoms. The third kappa shape index (κ3) is 3.05. The van der Waals surface area contributed by atoms with Crippen LogP contribution in [0.5, 0.6) is 5.75 Å². The van der Waals surface area contributed by atoms with Crippen LogP contribution in [0.3, 0.4) is 0 Å². The van der Waals surface area contributed by atoms with Crippen molar-refractivity contribution in [2.45, 2.75) is 26.4 Å². The Bertz CT molecular complexity index is 663. The monoisotopic (exact) mass is 349 g/mol. The summed E-state index contributed by atoms with van der Waals surface area (Å²) in [6.07, 6.45) is 0.775. The van der Waals surface area contributed by atoms with Crippen LogP contribution in [0.25, 0.3) is 0 Å². The van der Waals surface area contributed by atoms with Gasteiger partial charge in [0.25, 0.3) is 0 Å². The van der Waals surface area contributed by atoms with Crippen LogP contribution in [-0.2, 0) is 6.42 Å². The third-order valence-electron chi connectivity index (χ3n) is 3.70. The van der Waals surface area contributed by atoms with E-state index in [-0.39, 0.29) is 11.9 Å². The Morgan fingerprint density at radius 2 is 2.10 bits per heavy atom. The van der Waals surface area contributed by atoms with Crippen molar-refractivity contribution in [1.29, 1.82) is 0 Å². The maximum Gasteiger partial charge on any atom is 0.123 e. The highest BCUT2D eigenvalue weighted by Gasteiger charge is 2.23. The van der Waals surface area contributed by atoms with Gasteiger partial charge in [0.05, 0.1) is 12.2 Å². The lowest BCUT2D eigenvalue weighted by Gasteiger charge is -2.16. The van der Waals surface area contributed by atoms with Gasteiger partial charge in [-0.2, -0.15) is 0 Å². The van der Waals surface area contributed by atoms with Crippen LogP contribution in [0.4, 0.5) is 10.1 Å². The summed E-state index contributed by atoms with van der Waals surface area (Å²) < 4.78 is 20.1. The Kier molecular flexibility index (Phi) is 3.89. The van der Waals surface area contributed by atoms with E-state index in [0.717, 1.165) is 27.9 Å². The maximum atomic E-state index is 13.2. The molecule has 2 aromatic carbocycles.